The van der Waals surface area contributed by atoms with Crippen LogP contribution in [-0.4, -0.2) is 18.0 Å². The Morgan fingerprint density at radius 1 is 1.28 bits per heavy atom. The van der Waals surface area contributed by atoms with Gasteiger partial charge in [0.05, 0.1) is 12.7 Å². The van der Waals surface area contributed by atoms with Gasteiger partial charge in [0.1, 0.15) is 5.75 Å². The topological polar surface area (TPSA) is 51.2 Å². The predicted octanol–water partition coefficient (Wildman–Crippen LogP) is 3.11. The summed E-state index contributed by atoms with van der Waals surface area (Å²) in [6.45, 7) is 0. The first-order valence-corrected chi connectivity index (χ1v) is 6.05. The number of ether oxygens (including phenoxy) is 1. The molecule has 1 N–H and O–H groups in total. The van der Waals surface area contributed by atoms with Crippen molar-refractivity contribution in [2.45, 2.75) is 0 Å². The van der Waals surface area contributed by atoms with E-state index in [2.05, 4.69) is 26.2 Å². The Balaban J connectivity index is 2.24. The standard InChI is InChI=1S/C13H11BrN2O2/c1-18-12-8-9(14)2-3-11(12)13(17)16-10-4-6-15-7-5-10/h2-8H,1H3,(H,15,16,17). The molecule has 92 valence electrons. The SMILES string of the molecule is COc1cc(Br)ccc1C(=O)Nc1ccncc1. The molecule has 5 heteroatoms. The molecule has 0 spiro atoms. The Hall–Kier alpha value is -1.88. The van der Waals surface area contributed by atoms with Crippen LogP contribution in [0.25, 0.3) is 0 Å². The number of amides is 1. The number of methoxy groups -OCH3 is 1. The number of aromatic nitrogens is 1. The van der Waals surface area contributed by atoms with E-state index in [1.165, 1.54) is 7.11 Å². The molecule has 0 aliphatic carbocycles. The predicted molar refractivity (Wildman–Crippen MR) is 72.9 cm³/mol. The molecule has 0 radical (unpaired) electrons. The maximum absolute atomic E-state index is 12.1. The molecule has 1 amide bonds. The van der Waals surface area contributed by atoms with Crippen LogP contribution < -0.4 is 10.1 Å². The fraction of sp³-hybridized carbons (Fsp3) is 0.0769. The van der Waals surface area contributed by atoms with Crippen LogP contribution in [0.2, 0.25) is 0 Å². The van der Waals surface area contributed by atoms with Crippen molar-refractivity contribution in [2.24, 2.45) is 0 Å². The summed E-state index contributed by atoms with van der Waals surface area (Å²) in [4.78, 5) is 16.0. The van der Waals surface area contributed by atoms with Crippen molar-refractivity contribution in [3.05, 3.63) is 52.8 Å². The average Bonchev–Trinajstić information content (AvgIpc) is 2.39. The molecular formula is C13H11BrN2O2. The molecule has 1 heterocycles. The summed E-state index contributed by atoms with van der Waals surface area (Å²) >= 11 is 3.33. The van der Waals surface area contributed by atoms with Crippen molar-refractivity contribution in [3.8, 4) is 5.75 Å². The minimum Gasteiger partial charge on any atom is -0.496 e. The van der Waals surface area contributed by atoms with Crippen molar-refractivity contribution in [3.63, 3.8) is 0 Å². The van der Waals surface area contributed by atoms with Crippen molar-refractivity contribution in [2.75, 3.05) is 12.4 Å². The van der Waals surface area contributed by atoms with Crippen molar-refractivity contribution >= 4 is 27.5 Å². The highest BCUT2D eigenvalue weighted by molar-refractivity contribution is 9.10. The lowest BCUT2D eigenvalue weighted by Gasteiger charge is -2.09. The molecule has 1 aromatic carbocycles. The largest absolute Gasteiger partial charge is 0.496 e. The van der Waals surface area contributed by atoms with Gasteiger partial charge in [-0.05, 0) is 30.3 Å². The van der Waals surface area contributed by atoms with Gasteiger partial charge in [-0.1, -0.05) is 15.9 Å². The van der Waals surface area contributed by atoms with Crippen LogP contribution in [0, 0.1) is 0 Å². The van der Waals surface area contributed by atoms with Crippen molar-refractivity contribution < 1.29 is 9.53 Å². The third-order valence-electron chi connectivity index (χ3n) is 2.35. The highest BCUT2D eigenvalue weighted by Gasteiger charge is 2.12. The van der Waals surface area contributed by atoms with Crippen molar-refractivity contribution in [1.29, 1.82) is 0 Å². The number of benzene rings is 1. The van der Waals surface area contributed by atoms with Gasteiger partial charge >= 0.3 is 0 Å². The number of nitrogens with zero attached hydrogens (tertiary/aromatic N) is 1. The second-order valence-electron chi connectivity index (χ2n) is 3.53. The first-order valence-electron chi connectivity index (χ1n) is 5.25. The Kier molecular flexibility index (Phi) is 3.94. The first-order chi connectivity index (χ1) is 8.70. The number of carbonyl (C=O) groups is 1. The van der Waals surface area contributed by atoms with Crippen LogP contribution in [0.15, 0.2) is 47.2 Å². The third kappa shape index (κ3) is 2.87. The van der Waals surface area contributed by atoms with Crippen molar-refractivity contribution in [1.82, 2.24) is 4.98 Å². The number of halogens is 1. The van der Waals surface area contributed by atoms with E-state index >= 15 is 0 Å². The van der Waals surface area contributed by atoms with E-state index in [1.54, 1.807) is 42.7 Å². The number of hydrogen-bond acceptors (Lipinski definition) is 3. The molecule has 0 atom stereocenters. The number of nitrogens with one attached hydrogen (secondary N) is 1. The summed E-state index contributed by atoms with van der Waals surface area (Å²) in [5.41, 5.74) is 1.18. The fourth-order valence-corrected chi connectivity index (χ4v) is 1.83. The molecule has 4 nitrogen and oxygen atoms in total. The average molecular weight is 307 g/mol. The summed E-state index contributed by atoms with van der Waals surface area (Å²) in [6.07, 6.45) is 3.24. The highest BCUT2D eigenvalue weighted by atomic mass is 79.9. The maximum Gasteiger partial charge on any atom is 0.259 e. The van der Waals surface area contributed by atoms with Gasteiger partial charge in [0.2, 0.25) is 0 Å². The van der Waals surface area contributed by atoms with Gasteiger partial charge < -0.3 is 10.1 Å². The molecule has 0 saturated carbocycles. The Labute approximate surface area is 113 Å². The van der Waals surface area contributed by atoms with Gasteiger partial charge in [-0.15, -0.1) is 0 Å². The first kappa shape index (κ1) is 12.6. The Morgan fingerprint density at radius 2 is 2.00 bits per heavy atom. The second-order valence-corrected chi connectivity index (χ2v) is 4.45. The fourth-order valence-electron chi connectivity index (χ4n) is 1.49. The molecule has 18 heavy (non-hydrogen) atoms. The lowest BCUT2D eigenvalue weighted by Crippen LogP contribution is -2.13. The monoisotopic (exact) mass is 306 g/mol. The van der Waals surface area contributed by atoms with Crippen LogP contribution in [0.4, 0.5) is 5.69 Å². The lowest BCUT2D eigenvalue weighted by molar-refractivity contribution is 0.102. The van der Waals surface area contributed by atoms with E-state index < -0.39 is 0 Å². The molecular weight excluding hydrogens is 296 g/mol. The van der Waals surface area contributed by atoms with E-state index in [1.807, 2.05) is 0 Å². The Bertz CT molecular complexity index is 558. The second kappa shape index (κ2) is 5.64. The molecule has 0 aliphatic rings. The summed E-state index contributed by atoms with van der Waals surface area (Å²) in [6, 6.07) is 8.71. The molecule has 2 rings (SSSR count). The Morgan fingerprint density at radius 3 is 2.67 bits per heavy atom. The zero-order chi connectivity index (χ0) is 13.0. The smallest absolute Gasteiger partial charge is 0.259 e. The van der Waals surface area contributed by atoms with E-state index in [0.29, 0.717) is 17.0 Å². The quantitative estimate of drug-likeness (QED) is 0.948. The van der Waals surface area contributed by atoms with E-state index in [0.717, 1.165) is 4.47 Å². The third-order valence-corrected chi connectivity index (χ3v) is 2.84. The summed E-state index contributed by atoms with van der Waals surface area (Å²) < 4.78 is 6.04. The van der Waals surface area contributed by atoms with Crippen LogP contribution in [0.1, 0.15) is 10.4 Å². The van der Waals surface area contributed by atoms with Gasteiger partial charge in [-0.3, -0.25) is 9.78 Å². The number of carbonyl (C=O) groups excluding carboxylic acids is 1. The number of hydrogen-bond donors (Lipinski definition) is 1. The molecule has 0 fully saturated rings. The minimum atomic E-state index is -0.217. The van der Waals surface area contributed by atoms with E-state index in [9.17, 15) is 4.79 Å². The van der Waals surface area contributed by atoms with Gasteiger partial charge in [0.15, 0.2) is 0 Å². The molecule has 0 unspecified atom stereocenters. The molecule has 0 aliphatic heterocycles. The zero-order valence-corrected chi connectivity index (χ0v) is 11.3. The molecule has 0 bridgehead atoms. The van der Waals surface area contributed by atoms with Gasteiger partial charge in [0, 0.05) is 22.6 Å². The van der Waals surface area contributed by atoms with Crippen LogP contribution >= 0.6 is 15.9 Å². The maximum atomic E-state index is 12.1. The summed E-state index contributed by atoms with van der Waals surface area (Å²) in [5, 5.41) is 2.78. The van der Waals surface area contributed by atoms with Gasteiger partial charge in [0.25, 0.3) is 5.91 Å². The molecule has 1 aromatic heterocycles. The lowest BCUT2D eigenvalue weighted by atomic mass is 10.2. The summed E-state index contributed by atoms with van der Waals surface area (Å²) in [7, 11) is 1.53. The highest BCUT2D eigenvalue weighted by Crippen LogP contribution is 2.24. The van der Waals surface area contributed by atoms with Crippen LogP contribution in [0.5, 0.6) is 5.75 Å². The summed E-state index contributed by atoms with van der Waals surface area (Å²) in [5.74, 6) is 0.307. The normalized spacial score (nSPS) is 9.89. The molecule has 2 aromatic rings. The number of rotatable bonds is 3. The van der Waals surface area contributed by atoms with Crippen LogP contribution in [-0.2, 0) is 0 Å². The number of anilines is 1. The molecule has 0 saturated heterocycles. The zero-order valence-electron chi connectivity index (χ0n) is 9.68. The minimum absolute atomic E-state index is 0.217. The van der Waals surface area contributed by atoms with E-state index in [-0.39, 0.29) is 5.91 Å². The van der Waals surface area contributed by atoms with Crippen LogP contribution in [0.3, 0.4) is 0 Å². The van der Waals surface area contributed by atoms with Gasteiger partial charge in [-0.2, -0.15) is 0 Å². The van der Waals surface area contributed by atoms with Gasteiger partial charge in [-0.25, -0.2) is 0 Å². The van der Waals surface area contributed by atoms with E-state index in [4.69, 9.17) is 4.74 Å². The number of pyridine rings is 1.